The van der Waals surface area contributed by atoms with E-state index >= 15 is 0 Å². The van der Waals surface area contributed by atoms with Crippen molar-refractivity contribution in [3.05, 3.63) is 96.7 Å². The van der Waals surface area contributed by atoms with Crippen molar-refractivity contribution < 1.29 is 8.98 Å². The molecule has 0 radical (unpaired) electrons. The Morgan fingerprint density at radius 2 is 1.58 bits per heavy atom. The van der Waals surface area contributed by atoms with Crippen LogP contribution in [0.2, 0.25) is 0 Å². The summed E-state index contributed by atoms with van der Waals surface area (Å²) in [6, 6.07) is 29.6. The van der Waals surface area contributed by atoms with Crippen LogP contribution in [-0.4, -0.2) is 4.98 Å². The second kappa shape index (κ2) is 6.78. The van der Waals surface area contributed by atoms with Crippen LogP contribution in [-0.2, 0) is 7.05 Å². The van der Waals surface area contributed by atoms with Crippen LogP contribution in [0.5, 0.6) is 0 Å². The number of benzene rings is 3. The summed E-state index contributed by atoms with van der Waals surface area (Å²) in [4.78, 5) is 4.79. The molecule has 0 amide bonds. The maximum absolute atomic E-state index is 6.40. The number of aryl methyl sites for hydroxylation is 2. The summed E-state index contributed by atoms with van der Waals surface area (Å²) in [6.07, 6.45) is 2.12. The van der Waals surface area contributed by atoms with Crippen LogP contribution in [0.4, 0.5) is 0 Å². The fourth-order valence-corrected chi connectivity index (χ4v) is 4.41. The maximum Gasteiger partial charge on any atom is 0.227 e. The van der Waals surface area contributed by atoms with E-state index in [-0.39, 0.29) is 0 Å². The predicted octanol–water partition coefficient (Wildman–Crippen LogP) is 6.60. The number of rotatable bonds is 2. The van der Waals surface area contributed by atoms with Gasteiger partial charge < -0.3 is 4.42 Å². The van der Waals surface area contributed by atoms with Crippen molar-refractivity contribution in [3.63, 3.8) is 0 Å². The first-order chi connectivity index (χ1) is 15.2. The average molecular weight is 401 g/mol. The first kappa shape index (κ1) is 17.8. The zero-order valence-corrected chi connectivity index (χ0v) is 17.5. The third kappa shape index (κ3) is 2.82. The minimum absolute atomic E-state index is 0.683. The second-order valence-corrected chi connectivity index (χ2v) is 8.05. The lowest BCUT2D eigenvalue weighted by molar-refractivity contribution is -0.660. The van der Waals surface area contributed by atoms with Gasteiger partial charge in [0.1, 0.15) is 7.05 Å². The second-order valence-electron chi connectivity index (χ2n) is 8.05. The minimum atomic E-state index is 0.683. The molecule has 3 nitrogen and oxygen atoms in total. The third-order valence-electron chi connectivity index (χ3n) is 6.06. The first-order valence-electron chi connectivity index (χ1n) is 10.5. The van der Waals surface area contributed by atoms with Gasteiger partial charge in [0, 0.05) is 28.3 Å². The van der Waals surface area contributed by atoms with E-state index in [9.17, 15) is 0 Å². The Balaban J connectivity index is 1.66. The number of hydrogen-bond acceptors (Lipinski definition) is 2. The summed E-state index contributed by atoms with van der Waals surface area (Å²) in [5.74, 6) is 0. The van der Waals surface area contributed by atoms with Gasteiger partial charge in [0.05, 0.1) is 11.1 Å². The number of fused-ring (bicyclic) bond motifs is 4. The lowest BCUT2D eigenvalue weighted by Gasteiger charge is -2.08. The topological polar surface area (TPSA) is 29.9 Å². The van der Waals surface area contributed by atoms with E-state index in [1.165, 1.54) is 16.7 Å². The number of aromatic nitrogens is 2. The smallest absolute Gasteiger partial charge is 0.227 e. The quantitative estimate of drug-likeness (QED) is 0.306. The van der Waals surface area contributed by atoms with Crippen LogP contribution in [0.25, 0.3) is 55.4 Å². The van der Waals surface area contributed by atoms with Gasteiger partial charge in [0.15, 0.2) is 11.8 Å². The Labute approximate surface area is 180 Å². The zero-order chi connectivity index (χ0) is 20.9. The SMILES string of the molecule is Cc1ccc2c(oc3nc4ccccc4cc32)c1-c1cc(-c2ccccc2)cc[n+]1C. The third-order valence-corrected chi connectivity index (χ3v) is 6.06. The van der Waals surface area contributed by atoms with Gasteiger partial charge in [-0.3, -0.25) is 0 Å². The van der Waals surface area contributed by atoms with Crippen LogP contribution in [0.1, 0.15) is 5.56 Å². The number of nitrogens with zero attached hydrogens (tertiary/aromatic N) is 2. The van der Waals surface area contributed by atoms with Crippen LogP contribution in [0.3, 0.4) is 0 Å². The van der Waals surface area contributed by atoms with Crippen molar-refractivity contribution in [3.8, 4) is 22.4 Å². The largest absolute Gasteiger partial charge is 0.437 e. The van der Waals surface area contributed by atoms with Gasteiger partial charge in [-0.2, -0.15) is 0 Å². The number of pyridine rings is 2. The normalized spacial score (nSPS) is 11.5. The van der Waals surface area contributed by atoms with E-state index in [1.54, 1.807) is 0 Å². The van der Waals surface area contributed by atoms with Gasteiger partial charge in [-0.05, 0) is 35.7 Å². The molecular formula is C28H21N2O+. The number of hydrogen-bond donors (Lipinski definition) is 0. The van der Waals surface area contributed by atoms with Crippen LogP contribution in [0.15, 0.2) is 95.5 Å². The highest BCUT2D eigenvalue weighted by atomic mass is 16.3. The Bertz CT molecular complexity index is 1600. The predicted molar refractivity (Wildman–Crippen MR) is 126 cm³/mol. The van der Waals surface area contributed by atoms with Crippen molar-refractivity contribution in [2.24, 2.45) is 7.05 Å². The molecule has 3 aromatic heterocycles. The van der Waals surface area contributed by atoms with Gasteiger partial charge in [-0.25, -0.2) is 9.55 Å². The van der Waals surface area contributed by atoms with Crippen LogP contribution < -0.4 is 4.57 Å². The molecule has 6 aromatic rings. The monoisotopic (exact) mass is 401 g/mol. The summed E-state index contributed by atoms with van der Waals surface area (Å²) < 4.78 is 8.56. The van der Waals surface area contributed by atoms with E-state index in [4.69, 9.17) is 9.40 Å². The molecule has 0 bridgehead atoms. The molecule has 148 valence electrons. The number of furan rings is 1. The van der Waals surface area contributed by atoms with Gasteiger partial charge in [0.25, 0.3) is 0 Å². The van der Waals surface area contributed by atoms with Crippen LogP contribution in [0, 0.1) is 6.92 Å². The summed E-state index contributed by atoms with van der Waals surface area (Å²) in [5.41, 5.74) is 8.31. The Kier molecular flexibility index (Phi) is 3.90. The molecule has 3 heteroatoms. The van der Waals surface area contributed by atoms with E-state index in [0.29, 0.717) is 5.71 Å². The van der Waals surface area contributed by atoms with Gasteiger partial charge >= 0.3 is 0 Å². The molecule has 6 rings (SSSR count). The lowest BCUT2D eigenvalue weighted by atomic mass is 9.98. The van der Waals surface area contributed by atoms with E-state index in [1.807, 2.05) is 24.3 Å². The Hall–Kier alpha value is -3.98. The van der Waals surface area contributed by atoms with Crippen molar-refractivity contribution in [2.45, 2.75) is 6.92 Å². The van der Waals surface area contributed by atoms with Gasteiger partial charge in [-0.15, -0.1) is 0 Å². The Morgan fingerprint density at radius 1 is 0.774 bits per heavy atom. The molecule has 3 aromatic carbocycles. The summed E-state index contributed by atoms with van der Waals surface area (Å²) in [6.45, 7) is 2.14. The standard InChI is InChI=1S/C28H21N2O/c1-18-12-13-22-23-16-21-10-6-7-11-24(21)29-28(23)31-27(22)26(18)25-17-20(14-15-30(25)2)19-8-4-3-5-9-19/h3-17H,1-2H3/q+1. The molecule has 0 fully saturated rings. The maximum atomic E-state index is 6.40. The minimum Gasteiger partial charge on any atom is -0.437 e. The molecular weight excluding hydrogens is 380 g/mol. The molecule has 31 heavy (non-hydrogen) atoms. The molecule has 0 aliphatic carbocycles. The molecule has 3 heterocycles. The lowest BCUT2D eigenvalue weighted by Crippen LogP contribution is -2.30. The highest BCUT2D eigenvalue weighted by molar-refractivity contribution is 6.11. The first-order valence-corrected chi connectivity index (χ1v) is 10.5. The van der Waals surface area contributed by atoms with Gasteiger partial charge in [0.2, 0.25) is 11.4 Å². The van der Waals surface area contributed by atoms with Crippen molar-refractivity contribution in [2.75, 3.05) is 0 Å². The molecule has 0 unspecified atom stereocenters. The molecule has 0 saturated heterocycles. The fourth-order valence-electron chi connectivity index (χ4n) is 4.41. The van der Waals surface area contributed by atoms with Crippen molar-refractivity contribution >= 4 is 33.0 Å². The molecule has 0 N–H and O–H groups in total. The molecule has 0 atom stereocenters. The fraction of sp³-hybridized carbons (Fsp3) is 0.0714. The summed E-state index contributed by atoms with van der Waals surface area (Å²) in [7, 11) is 2.08. The van der Waals surface area contributed by atoms with Crippen molar-refractivity contribution in [1.82, 2.24) is 4.98 Å². The zero-order valence-electron chi connectivity index (χ0n) is 17.5. The molecule has 0 saturated carbocycles. The molecule has 0 spiro atoms. The van der Waals surface area contributed by atoms with Crippen LogP contribution >= 0.6 is 0 Å². The average Bonchev–Trinajstić information content (AvgIpc) is 3.16. The van der Waals surface area contributed by atoms with E-state index in [2.05, 4.69) is 85.4 Å². The van der Waals surface area contributed by atoms with Gasteiger partial charge in [-0.1, -0.05) is 60.7 Å². The molecule has 0 aliphatic heterocycles. The Morgan fingerprint density at radius 3 is 2.45 bits per heavy atom. The van der Waals surface area contributed by atoms with Crippen molar-refractivity contribution in [1.29, 1.82) is 0 Å². The highest BCUT2D eigenvalue weighted by Gasteiger charge is 2.22. The highest BCUT2D eigenvalue weighted by Crippen LogP contribution is 2.38. The summed E-state index contributed by atoms with van der Waals surface area (Å²) >= 11 is 0. The molecule has 0 aliphatic rings. The summed E-state index contributed by atoms with van der Waals surface area (Å²) in [5, 5.41) is 3.27. The number of para-hydroxylation sites is 1. The van der Waals surface area contributed by atoms with E-state index < -0.39 is 0 Å². The van der Waals surface area contributed by atoms with E-state index in [0.717, 1.165) is 38.5 Å².